The number of hydrogen-bond donors (Lipinski definition) is 0. The van der Waals surface area contributed by atoms with Crippen LogP contribution >= 0.6 is 0 Å². The van der Waals surface area contributed by atoms with Crippen LogP contribution in [-0.2, 0) is 12.0 Å². The minimum absolute atomic E-state index is 0.118. The third-order valence-electron chi connectivity index (χ3n) is 6.28. The van der Waals surface area contributed by atoms with Crippen molar-refractivity contribution >= 4 is 5.91 Å². The Morgan fingerprint density at radius 2 is 1.93 bits per heavy atom. The minimum atomic E-state index is -0.232. The molecular formula is C22H24N6O2. The van der Waals surface area contributed by atoms with Crippen molar-refractivity contribution in [2.45, 2.75) is 25.3 Å². The van der Waals surface area contributed by atoms with E-state index in [4.69, 9.17) is 4.42 Å². The predicted octanol–water partition coefficient (Wildman–Crippen LogP) is 2.08. The van der Waals surface area contributed by atoms with Gasteiger partial charge in [0.1, 0.15) is 0 Å². The van der Waals surface area contributed by atoms with E-state index in [9.17, 15) is 4.79 Å². The zero-order valence-electron chi connectivity index (χ0n) is 16.9. The Morgan fingerprint density at radius 3 is 2.67 bits per heavy atom. The first-order valence-electron chi connectivity index (χ1n) is 10.3. The zero-order chi connectivity index (χ0) is 20.6. The van der Waals surface area contributed by atoms with Crippen LogP contribution in [-0.4, -0.2) is 62.1 Å². The SMILES string of the molecule is Cc1nnc([C@]23CCN(C(=O)c4ncccn4)C[C@H]2CN(Cc2ccccc2)C3)o1. The molecule has 2 atom stereocenters. The molecule has 4 heterocycles. The van der Waals surface area contributed by atoms with Crippen molar-refractivity contribution in [3.8, 4) is 0 Å². The fourth-order valence-electron chi connectivity index (χ4n) is 4.83. The van der Waals surface area contributed by atoms with E-state index < -0.39 is 0 Å². The van der Waals surface area contributed by atoms with Gasteiger partial charge in [0.05, 0.1) is 5.41 Å². The third kappa shape index (κ3) is 3.37. The van der Waals surface area contributed by atoms with Gasteiger partial charge < -0.3 is 9.32 Å². The number of benzene rings is 1. The first-order valence-corrected chi connectivity index (χ1v) is 10.3. The summed E-state index contributed by atoms with van der Waals surface area (Å²) in [5, 5.41) is 8.49. The Labute approximate surface area is 175 Å². The highest BCUT2D eigenvalue weighted by molar-refractivity contribution is 5.90. The van der Waals surface area contributed by atoms with Crippen molar-refractivity contribution in [3.05, 3.63) is 72.0 Å². The van der Waals surface area contributed by atoms with Gasteiger partial charge in [-0.2, -0.15) is 0 Å². The summed E-state index contributed by atoms with van der Waals surface area (Å²) in [6, 6.07) is 12.2. The largest absolute Gasteiger partial charge is 0.425 e. The monoisotopic (exact) mass is 404 g/mol. The van der Waals surface area contributed by atoms with Gasteiger partial charge in [-0.3, -0.25) is 9.69 Å². The molecule has 0 saturated carbocycles. The molecule has 1 aromatic carbocycles. The van der Waals surface area contributed by atoms with Gasteiger partial charge in [0, 0.05) is 58.0 Å². The molecule has 0 bridgehead atoms. The maximum Gasteiger partial charge on any atom is 0.291 e. The molecule has 8 heteroatoms. The summed E-state index contributed by atoms with van der Waals surface area (Å²) in [5.41, 5.74) is 1.04. The topological polar surface area (TPSA) is 88.2 Å². The fourth-order valence-corrected chi connectivity index (χ4v) is 4.83. The molecule has 0 spiro atoms. The van der Waals surface area contributed by atoms with Crippen LogP contribution in [0.2, 0.25) is 0 Å². The van der Waals surface area contributed by atoms with Gasteiger partial charge in [0.15, 0.2) is 0 Å². The summed E-state index contributed by atoms with van der Waals surface area (Å²) in [4.78, 5) is 25.5. The fraction of sp³-hybridized carbons (Fsp3) is 0.409. The van der Waals surface area contributed by atoms with Crippen LogP contribution in [0.3, 0.4) is 0 Å². The van der Waals surface area contributed by atoms with Gasteiger partial charge in [-0.05, 0) is 18.1 Å². The molecule has 3 aromatic rings. The molecule has 8 nitrogen and oxygen atoms in total. The first kappa shape index (κ1) is 18.9. The van der Waals surface area contributed by atoms with Gasteiger partial charge in [-0.15, -0.1) is 10.2 Å². The smallest absolute Gasteiger partial charge is 0.291 e. The van der Waals surface area contributed by atoms with Crippen LogP contribution < -0.4 is 0 Å². The van der Waals surface area contributed by atoms with Crippen molar-refractivity contribution in [1.82, 2.24) is 30.0 Å². The number of piperidine rings is 1. The molecule has 0 radical (unpaired) electrons. The molecule has 2 fully saturated rings. The molecule has 5 rings (SSSR count). The first-order chi connectivity index (χ1) is 14.6. The van der Waals surface area contributed by atoms with E-state index >= 15 is 0 Å². The van der Waals surface area contributed by atoms with Crippen molar-refractivity contribution in [2.24, 2.45) is 5.92 Å². The van der Waals surface area contributed by atoms with E-state index in [1.54, 1.807) is 18.5 Å². The summed E-state index contributed by atoms with van der Waals surface area (Å²) in [7, 11) is 0. The second kappa shape index (κ2) is 7.60. The second-order valence-electron chi connectivity index (χ2n) is 8.21. The van der Waals surface area contributed by atoms with Crippen molar-refractivity contribution in [1.29, 1.82) is 0 Å². The van der Waals surface area contributed by atoms with E-state index in [0.717, 1.165) is 26.1 Å². The number of rotatable bonds is 4. The lowest BCUT2D eigenvalue weighted by molar-refractivity contribution is 0.0556. The molecule has 30 heavy (non-hydrogen) atoms. The van der Waals surface area contributed by atoms with Gasteiger partial charge >= 0.3 is 0 Å². The van der Waals surface area contributed by atoms with Gasteiger partial charge in [0.2, 0.25) is 17.6 Å². The Bertz CT molecular complexity index is 1020. The van der Waals surface area contributed by atoms with Crippen molar-refractivity contribution in [3.63, 3.8) is 0 Å². The number of fused-ring (bicyclic) bond motifs is 1. The Balaban J connectivity index is 1.41. The number of aryl methyl sites for hydroxylation is 1. The van der Waals surface area contributed by atoms with Crippen LogP contribution in [0, 0.1) is 12.8 Å². The van der Waals surface area contributed by atoms with E-state index in [-0.39, 0.29) is 23.1 Å². The van der Waals surface area contributed by atoms with Gasteiger partial charge in [-0.25, -0.2) is 9.97 Å². The quantitative estimate of drug-likeness (QED) is 0.658. The number of carbonyl (C=O) groups is 1. The van der Waals surface area contributed by atoms with E-state index in [2.05, 4.69) is 49.3 Å². The molecule has 2 aromatic heterocycles. The average molecular weight is 404 g/mol. The Hall–Kier alpha value is -3.13. The lowest BCUT2D eigenvalue weighted by atomic mass is 9.72. The normalized spacial score (nSPS) is 24.0. The molecule has 0 unspecified atom stereocenters. The standard InChI is InChI=1S/C22H24N6O2/c1-16-25-26-21(30-16)22-8-11-28(20(29)19-23-9-5-10-24-19)14-18(22)13-27(15-22)12-17-6-3-2-4-7-17/h2-7,9-10,18H,8,11-15H2,1H3/t18-,22+/m1/s1. The predicted molar refractivity (Wildman–Crippen MR) is 108 cm³/mol. The van der Waals surface area contributed by atoms with Gasteiger partial charge in [-0.1, -0.05) is 30.3 Å². The van der Waals surface area contributed by atoms with Crippen LogP contribution in [0.25, 0.3) is 0 Å². The number of carbonyl (C=O) groups excluding carboxylic acids is 1. The second-order valence-corrected chi connectivity index (χ2v) is 8.21. The molecule has 154 valence electrons. The molecule has 0 N–H and O–H groups in total. The highest BCUT2D eigenvalue weighted by Crippen LogP contribution is 2.45. The minimum Gasteiger partial charge on any atom is -0.425 e. The summed E-state index contributed by atoms with van der Waals surface area (Å²) >= 11 is 0. The Kier molecular flexibility index (Phi) is 4.78. The van der Waals surface area contributed by atoms with E-state index in [1.165, 1.54) is 5.56 Å². The molecule has 2 aliphatic heterocycles. The number of nitrogens with zero attached hydrogens (tertiary/aromatic N) is 6. The third-order valence-corrected chi connectivity index (χ3v) is 6.28. The molecule has 0 aliphatic carbocycles. The number of amides is 1. The van der Waals surface area contributed by atoms with Crippen LogP contribution in [0.15, 0.2) is 53.2 Å². The summed E-state index contributed by atoms with van der Waals surface area (Å²) < 4.78 is 5.93. The van der Waals surface area contributed by atoms with Crippen LogP contribution in [0.5, 0.6) is 0 Å². The highest BCUT2D eigenvalue weighted by Gasteiger charge is 2.54. The molecule has 2 saturated heterocycles. The van der Waals surface area contributed by atoms with Crippen LogP contribution in [0.4, 0.5) is 0 Å². The lowest BCUT2D eigenvalue weighted by Crippen LogP contribution is -2.51. The summed E-state index contributed by atoms with van der Waals surface area (Å²) in [5.74, 6) is 1.62. The van der Waals surface area contributed by atoms with Crippen molar-refractivity contribution in [2.75, 3.05) is 26.2 Å². The zero-order valence-corrected chi connectivity index (χ0v) is 16.9. The van der Waals surface area contributed by atoms with E-state index in [1.807, 2.05) is 17.9 Å². The van der Waals surface area contributed by atoms with Gasteiger partial charge in [0.25, 0.3) is 5.91 Å². The average Bonchev–Trinajstić information content (AvgIpc) is 3.38. The molecular weight excluding hydrogens is 380 g/mol. The van der Waals surface area contributed by atoms with Crippen molar-refractivity contribution < 1.29 is 9.21 Å². The number of hydrogen-bond acceptors (Lipinski definition) is 7. The van der Waals surface area contributed by atoms with E-state index in [0.29, 0.717) is 24.9 Å². The summed E-state index contributed by atoms with van der Waals surface area (Å²) in [6.45, 7) is 5.65. The Morgan fingerprint density at radius 1 is 1.13 bits per heavy atom. The number of aromatic nitrogens is 4. The maximum absolute atomic E-state index is 12.9. The molecule has 1 amide bonds. The van der Waals surface area contributed by atoms with Crippen LogP contribution in [0.1, 0.15) is 34.4 Å². The maximum atomic E-state index is 12.9. The molecule has 2 aliphatic rings. The highest BCUT2D eigenvalue weighted by atomic mass is 16.4. The summed E-state index contributed by atoms with van der Waals surface area (Å²) in [6.07, 6.45) is 3.99. The number of likely N-dealkylation sites (tertiary alicyclic amines) is 2. The lowest BCUT2D eigenvalue weighted by Gasteiger charge is -2.41.